The SMILES string of the molecule is N=Cc1cccc2c1-c1ccccc1C2(c1ccccc1)c1ccccc1. The van der Waals surface area contributed by atoms with Crippen LogP contribution in [0, 0.1) is 5.41 Å². The fraction of sp³-hybridized carbons (Fsp3) is 0.0385. The molecule has 0 unspecified atom stereocenters. The third-order valence-electron chi connectivity index (χ3n) is 5.67. The summed E-state index contributed by atoms with van der Waals surface area (Å²) in [6.07, 6.45) is 1.47. The second kappa shape index (κ2) is 6.07. The molecule has 0 radical (unpaired) electrons. The normalized spacial score (nSPS) is 13.6. The first-order chi connectivity index (χ1) is 13.4. The molecular weight excluding hydrogens is 326 g/mol. The summed E-state index contributed by atoms with van der Waals surface area (Å²) in [7, 11) is 0. The van der Waals surface area contributed by atoms with Crippen molar-refractivity contribution >= 4 is 6.21 Å². The summed E-state index contributed by atoms with van der Waals surface area (Å²) < 4.78 is 0. The van der Waals surface area contributed by atoms with Crippen molar-refractivity contribution < 1.29 is 0 Å². The molecule has 0 fully saturated rings. The van der Waals surface area contributed by atoms with Crippen molar-refractivity contribution in [2.24, 2.45) is 0 Å². The van der Waals surface area contributed by atoms with E-state index in [9.17, 15) is 0 Å². The van der Waals surface area contributed by atoms with E-state index in [2.05, 4.69) is 97.1 Å². The fourth-order valence-electron chi connectivity index (χ4n) is 4.64. The van der Waals surface area contributed by atoms with Crippen molar-refractivity contribution in [3.05, 3.63) is 131 Å². The summed E-state index contributed by atoms with van der Waals surface area (Å²) in [5.41, 5.74) is 8.04. The minimum Gasteiger partial charge on any atom is -0.308 e. The minimum absolute atomic E-state index is 0.368. The smallest absolute Gasteiger partial charge is 0.0713 e. The van der Waals surface area contributed by atoms with Crippen LogP contribution in [0.3, 0.4) is 0 Å². The monoisotopic (exact) mass is 345 g/mol. The maximum atomic E-state index is 7.97. The highest BCUT2D eigenvalue weighted by Crippen LogP contribution is 2.56. The van der Waals surface area contributed by atoms with Gasteiger partial charge in [-0.25, -0.2) is 0 Å². The summed E-state index contributed by atoms with van der Waals surface area (Å²) in [5, 5.41) is 7.97. The van der Waals surface area contributed by atoms with Crippen LogP contribution < -0.4 is 0 Å². The molecule has 0 bridgehead atoms. The summed E-state index contributed by atoms with van der Waals surface area (Å²) in [6.45, 7) is 0. The Morgan fingerprint density at radius 3 is 1.74 bits per heavy atom. The van der Waals surface area contributed by atoms with Crippen molar-refractivity contribution in [3.8, 4) is 11.1 Å². The molecule has 4 aromatic rings. The molecule has 5 rings (SSSR count). The molecule has 4 aromatic carbocycles. The molecule has 27 heavy (non-hydrogen) atoms. The van der Waals surface area contributed by atoms with E-state index in [1.54, 1.807) is 0 Å². The molecule has 1 aliphatic rings. The number of hydrogen-bond donors (Lipinski definition) is 1. The molecule has 0 saturated heterocycles. The summed E-state index contributed by atoms with van der Waals surface area (Å²) in [5.74, 6) is 0. The van der Waals surface area contributed by atoms with Crippen LogP contribution in [0.5, 0.6) is 0 Å². The Kier molecular flexibility index (Phi) is 3.54. The zero-order valence-electron chi connectivity index (χ0n) is 14.9. The predicted octanol–water partition coefficient (Wildman–Crippen LogP) is 6.05. The van der Waals surface area contributed by atoms with Gasteiger partial charge in [-0.2, -0.15) is 0 Å². The van der Waals surface area contributed by atoms with E-state index in [4.69, 9.17) is 5.41 Å². The maximum absolute atomic E-state index is 7.97. The number of nitrogens with one attached hydrogen (secondary N) is 1. The molecule has 128 valence electrons. The average Bonchev–Trinajstić information content (AvgIpc) is 3.06. The summed E-state index contributed by atoms with van der Waals surface area (Å²) in [4.78, 5) is 0. The molecule has 0 saturated carbocycles. The van der Waals surface area contributed by atoms with Gasteiger partial charge in [0.2, 0.25) is 0 Å². The fourth-order valence-corrected chi connectivity index (χ4v) is 4.64. The predicted molar refractivity (Wildman–Crippen MR) is 112 cm³/mol. The Labute approximate surface area is 159 Å². The van der Waals surface area contributed by atoms with Crippen LogP contribution in [-0.2, 0) is 5.41 Å². The quantitative estimate of drug-likeness (QED) is 0.385. The summed E-state index contributed by atoms with van der Waals surface area (Å²) in [6, 6.07) is 36.4. The lowest BCUT2D eigenvalue weighted by Gasteiger charge is -2.33. The molecule has 0 atom stereocenters. The Hall–Kier alpha value is -3.45. The molecular formula is C26H19N. The minimum atomic E-state index is -0.368. The van der Waals surface area contributed by atoms with Gasteiger partial charge in [-0.15, -0.1) is 0 Å². The maximum Gasteiger partial charge on any atom is 0.0713 e. The molecule has 0 heterocycles. The van der Waals surface area contributed by atoms with Crippen LogP contribution in [0.4, 0.5) is 0 Å². The second-order valence-corrected chi connectivity index (χ2v) is 6.94. The van der Waals surface area contributed by atoms with Crippen LogP contribution >= 0.6 is 0 Å². The third kappa shape index (κ3) is 2.09. The first kappa shape index (κ1) is 15.8. The molecule has 0 amide bonds. The van der Waals surface area contributed by atoms with Gasteiger partial charge in [0.25, 0.3) is 0 Å². The molecule has 1 nitrogen and oxygen atoms in total. The first-order valence-electron chi connectivity index (χ1n) is 9.22. The number of benzene rings is 4. The van der Waals surface area contributed by atoms with Crippen molar-refractivity contribution in [2.45, 2.75) is 5.41 Å². The van der Waals surface area contributed by atoms with Gasteiger partial charge in [-0.05, 0) is 33.4 Å². The Bertz CT molecular complexity index is 1090. The molecule has 0 spiro atoms. The van der Waals surface area contributed by atoms with E-state index >= 15 is 0 Å². The van der Waals surface area contributed by atoms with Gasteiger partial charge >= 0.3 is 0 Å². The van der Waals surface area contributed by atoms with E-state index in [0.29, 0.717) is 0 Å². The highest BCUT2D eigenvalue weighted by molar-refractivity contribution is 5.97. The molecule has 0 aliphatic heterocycles. The molecule has 1 heteroatoms. The van der Waals surface area contributed by atoms with Gasteiger partial charge < -0.3 is 5.41 Å². The van der Waals surface area contributed by atoms with Crippen molar-refractivity contribution in [1.82, 2.24) is 0 Å². The van der Waals surface area contributed by atoms with Gasteiger partial charge in [0.15, 0.2) is 0 Å². The lowest BCUT2D eigenvalue weighted by Crippen LogP contribution is -2.28. The van der Waals surface area contributed by atoms with Crippen LogP contribution in [0.2, 0.25) is 0 Å². The second-order valence-electron chi connectivity index (χ2n) is 6.94. The van der Waals surface area contributed by atoms with Crippen molar-refractivity contribution in [3.63, 3.8) is 0 Å². The van der Waals surface area contributed by atoms with Crippen LogP contribution in [0.15, 0.2) is 103 Å². The first-order valence-corrected chi connectivity index (χ1v) is 9.22. The van der Waals surface area contributed by atoms with E-state index in [1.807, 2.05) is 6.07 Å². The largest absolute Gasteiger partial charge is 0.308 e. The van der Waals surface area contributed by atoms with Crippen LogP contribution in [-0.4, -0.2) is 6.21 Å². The number of fused-ring (bicyclic) bond motifs is 3. The van der Waals surface area contributed by atoms with Gasteiger partial charge in [0.05, 0.1) is 5.41 Å². The molecule has 1 aliphatic carbocycles. The van der Waals surface area contributed by atoms with Gasteiger partial charge in [0.1, 0.15) is 0 Å². The van der Waals surface area contributed by atoms with E-state index < -0.39 is 0 Å². The lowest BCUT2D eigenvalue weighted by atomic mass is 9.67. The number of hydrogen-bond acceptors (Lipinski definition) is 1. The molecule has 1 N–H and O–H groups in total. The van der Waals surface area contributed by atoms with Crippen molar-refractivity contribution in [2.75, 3.05) is 0 Å². The van der Waals surface area contributed by atoms with E-state index in [-0.39, 0.29) is 5.41 Å². The van der Waals surface area contributed by atoms with Crippen molar-refractivity contribution in [1.29, 1.82) is 5.41 Å². The van der Waals surface area contributed by atoms with Gasteiger partial charge in [-0.1, -0.05) is 103 Å². The Balaban J connectivity index is 2.01. The number of rotatable bonds is 3. The van der Waals surface area contributed by atoms with Gasteiger partial charge in [0, 0.05) is 11.8 Å². The highest BCUT2D eigenvalue weighted by Gasteiger charge is 2.46. The van der Waals surface area contributed by atoms with Crippen LogP contribution in [0.1, 0.15) is 27.8 Å². The average molecular weight is 345 g/mol. The highest BCUT2D eigenvalue weighted by atomic mass is 14.5. The summed E-state index contributed by atoms with van der Waals surface area (Å²) >= 11 is 0. The Morgan fingerprint density at radius 2 is 1.11 bits per heavy atom. The molecule has 0 aromatic heterocycles. The Morgan fingerprint density at radius 1 is 0.556 bits per heavy atom. The third-order valence-corrected chi connectivity index (χ3v) is 5.67. The van der Waals surface area contributed by atoms with E-state index in [0.717, 1.165) is 5.56 Å². The zero-order chi connectivity index (χ0) is 18.3. The topological polar surface area (TPSA) is 23.9 Å². The van der Waals surface area contributed by atoms with Gasteiger partial charge in [-0.3, -0.25) is 0 Å². The standard InChI is InChI=1S/C26H19N/c27-18-19-10-9-17-24-25(19)22-15-7-8-16-23(22)26(24,20-11-3-1-4-12-20)21-13-5-2-6-14-21/h1-18,27H. The van der Waals surface area contributed by atoms with E-state index in [1.165, 1.54) is 39.6 Å². The zero-order valence-corrected chi connectivity index (χ0v) is 14.9. The van der Waals surface area contributed by atoms with Crippen LogP contribution in [0.25, 0.3) is 11.1 Å². The lowest BCUT2D eigenvalue weighted by molar-refractivity contribution is 0.768.